The molecule has 0 aliphatic carbocycles. The summed E-state index contributed by atoms with van der Waals surface area (Å²) in [6, 6.07) is 0. The first-order chi connectivity index (χ1) is 11.5. The second-order valence-corrected chi connectivity index (χ2v) is 6.66. The molecule has 1 unspecified atom stereocenters. The number of imide groups is 1. The molecule has 0 bridgehead atoms. The molecule has 1 aliphatic heterocycles. The van der Waals surface area contributed by atoms with Crippen molar-refractivity contribution in [1.29, 1.82) is 0 Å². The van der Waals surface area contributed by atoms with Crippen molar-refractivity contribution in [3.05, 3.63) is 0 Å². The molecular formula is C14H23N3O5S2. The minimum Gasteiger partial charge on any atom is -0.379 e. The number of hydrogen-bond acceptors (Lipinski definition) is 7. The number of nitrogens with one attached hydrogen (secondary N) is 2. The van der Waals surface area contributed by atoms with E-state index in [1.54, 1.807) is 12.5 Å². The Labute approximate surface area is 149 Å². The summed E-state index contributed by atoms with van der Waals surface area (Å²) in [6.45, 7) is 1.01. The van der Waals surface area contributed by atoms with Crippen molar-refractivity contribution in [2.45, 2.75) is 24.5 Å². The second-order valence-electron chi connectivity index (χ2n) is 5.00. The largest absolute Gasteiger partial charge is 0.379 e. The average Bonchev–Trinajstić information content (AvgIpc) is 2.82. The van der Waals surface area contributed by atoms with Crippen molar-refractivity contribution in [3.8, 4) is 0 Å². The number of thioether (sulfide) groups is 1. The first-order valence-electron chi connectivity index (χ1n) is 7.52. The van der Waals surface area contributed by atoms with Crippen molar-refractivity contribution in [2.24, 2.45) is 0 Å². The van der Waals surface area contributed by atoms with E-state index in [1.807, 2.05) is 0 Å². The average molecular weight is 377 g/mol. The van der Waals surface area contributed by atoms with Gasteiger partial charge < -0.3 is 14.8 Å². The quantitative estimate of drug-likeness (QED) is 0.291. The van der Waals surface area contributed by atoms with Crippen LogP contribution in [-0.2, 0) is 23.9 Å². The number of likely N-dealkylation sites (tertiary alicyclic amines) is 1. The Hall–Kier alpha value is -1.26. The van der Waals surface area contributed by atoms with Gasteiger partial charge in [0.1, 0.15) is 0 Å². The monoisotopic (exact) mass is 377 g/mol. The molecule has 8 nitrogen and oxygen atoms in total. The second kappa shape index (κ2) is 11.3. The van der Waals surface area contributed by atoms with Gasteiger partial charge in [-0.25, -0.2) is 0 Å². The van der Waals surface area contributed by atoms with Crippen LogP contribution < -0.4 is 10.0 Å². The molecule has 1 saturated heterocycles. The van der Waals surface area contributed by atoms with E-state index in [-0.39, 0.29) is 61.3 Å². The summed E-state index contributed by atoms with van der Waals surface area (Å²) in [6.07, 6.45) is 4.11. The highest BCUT2D eigenvalue weighted by Crippen LogP contribution is 2.22. The lowest BCUT2D eigenvalue weighted by molar-refractivity contribution is -0.138. The molecule has 0 aromatic heterocycles. The van der Waals surface area contributed by atoms with Gasteiger partial charge >= 0.3 is 0 Å². The summed E-state index contributed by atoms with van der Waals surface area (Å²) < 4.78 is 7.81. The molecule has 1 rings (SSSR count). The van der Waals surface area contributed by atoms with Gasteiger partial charge in [0.2, 0.25) is 23.6 Å². The molecule has 10 heteroatoms. The van der Waals surface area contributed by atoms with Crippen LogP contribution in [0.15, 0.2) is 0 Å². The molecule has 1 heterocycles. The van der Waals surface area contributed by atoms with E-state index in [4.69, 9.17) is 4.74 Å². The Morgan fingerprint density at radius 2 is 1.96 bits per heavy atom. The molecular weight excluding hydrogens is 354 g/mol. The number of rotatable bonds is 11. The minimum atomic E-state index is -0.322. The van der Waals surface area contributed by atoms with Crippen molar-refractivity contribution in [3.63, 3.8) is 0 Å². The molecule has 0 saturated carbocycles. The van der Waals surface area contributed by atoms with E-state index < -0.39 is 0 Å². The van der Waals surface area contributed by atoms with Crippen LogP contribution in [0.1, 0.15) is 19.3 Å². The highest BCUT2D eigenvalue weighted by atomic mass is 32.2. The Kier molecular flexibility index (Phi) is 9.80. The molecule has 0 aromatic rings. The van der Waals surface area contributed by atoms with Gasteiger partial charge in [-0.05, 0) is 6.26 Å². The summed E-state index contributed by atoms with van der Waals surface area (Å²) in [5.41, 5.74) is 0. The van der Waals surface area contributed by atoms with Crippen molar-refractivity contribution in [1.82, 2.24) is 14.9 Å². The standard InChI is InChI=1S/C14H23N3O5S2/c1-23-10-9-13(20)17(14(10)21)6-3-11(18)15-5-8-22-7-4-12(19)16-24-2/h10H,3-9H2,1-2H3,(H,15,18)(H,16,19). The predicted octanol–water partition coefficient (Wildman–Crippen LogP) is -0.216. The van der Waals surface area contributed by atoms with Gasteiger partial charge in [0.25, 0.3) is 0 Å². The predicted molar refractivity (Wildman–Crippen MR) is 93.4 cm³/mol. The number of nitrogens with zero attached hydrogens (tertiary/aromatic N) is 1. The maximum Gasteiger partial charge on any atom is 0.242 e. The minimum absolute atomic E-state index is 0.0781. The molecule has 4 amide bonds. The first-order valence-corrected chi connectivity index (χ1v) is 10.0. The van der Waals surface area contributed by atoms with Gasteiger partial charge in [-0.3, -0.25) is 24.1 Å². The summed E-state index contributed by atoms with van der Waals surface area (Å²) in [5.74, 6) is -0.784. The van der Waals surface area contributed by atoms with Crippen LogP contribution >= 0.6 is 23.7 Å². The highest BCUT2D eigenvalue weighted by Gasteiger charge is 2.37. The van der Waals surface area contributed by atoms with Gasteiger partial charge in [-0.2, -0.15) is 11.8 Å². The summed E-state index contributed by atoms with van der Waals surface area (Å²) in [5, 5.41) is 2.33. The third-order valence-electron chi connectivity index (χ3n) is 3.31. The smallest absolute Gasteiger partial charge is 0.242 e. The SMILES string of the molecule is CSNC(=O)CCOCCNC(=O)CCN1C(=O)CC(SC)C1=O. The van der Waals surface area contributed by atoms with E-state index in [1.165, 1.54) is 23.7 Å². The number of amides is 4. The zero-order valence-corrected chi connectivity index (χ0v) is 15.5. The molecule has 1 aliphatic rings. The van der Waals surface area contributed by atoms with Crippen LogP contribution in [0, 0.1) is 0 Å². The van der Waals surface area contributed by atoms with Gasteiger partial charge in [-0.1, -0.05) is 11.9 Å². The van der Waals surface area contributed by atoms with Crippen LogP contribution in [0.2, 0.25) is 0 Å². The molecule has 1 fully saturated rings. The summed E-state index contributed by atoms with van der Waals surface area (Å²) in [4.78, 5) is 47.6. The maximum absolute atomic E-state index is 11.9. The molecule has 0 aromatic carbocycles. The van der Waals surface area contributed by atoms with Gasteiger partial charge in [0.05, 0.1) is 24.9 Å². The molecule has 1 atom stereocenters. The fourth-order valence-corrected chi connectivity index (χ4v) is 3.04. The van der Waals surface area contributed by atoms with Crippen LogP contribution in [-0.4, -0.2) is 72.6 Å². The number of carbonyl (C=O) groups excluding carboxylic acids is 4. The highest BCUT2D eigenvalue weighted by molar-refractivity contribution is 8.00. The lowest BCUT2D eigenvalue weighted by Gasteiger charge is -2.14. The molecule has 136 valence electrons. The number of ether oxygens (including phenoxy) is 1. The van der Waals surface area contributed by atoms with Crippen LogP contribution in [0.4, 0.5) is 0 Å². The van der Waals surface area contributed by atoms with E-state index in [2.05, 4.69) is 10.0 Å². The normalized spacial score (nSPS) is 17.2. The van der Waals surface area contributed by atoms with Gasteiger partial charge in [0.15, 0.2) is 0 Å². The van der Waals surface area contributed by atoms with E-state index in [0.717, 1.165) is 4.90 Å². The van der Waals surface area contributed by atoms with Crippen LogP contribution in [0.3, 0.4) is 0 Å². The Morgan fingerprint density at radius 3 is 2.58 bits per heavy atom. The Morgan fingerprint density at radius 1 is 1.21 bits per heavy atom. The number of carbonyl (C=O) groups is 4. The lowest BCUT2D eigenvalue weighted by Crippen LogP contribution is -2.36. The molecule has 0 spiro atoms. The third-order valence-corrected chi connectivity index (χ3v) is 4.68. The van der Waals surface area contributed by atoms with E-state index in [0.29, 0.717) is 13.2 Å². The van der Waals surface area contributed by atoms with Crippen molar-refractivity contribution in [2.75, 3.05) is 38.8 Å². The summed E-state index contributed by atoms with van der Waals surface area (Å²) in [7, 11) is 0. The van der Waals surface area contributed by atoms with E-state index >= 15 is 0 Å². The fraction of sp³-hybridized carbons (Fsp3) is 0.714. The molecule has 2 N–H and O–H groups in total. The maximum atomic E-state index is 11.9. The zero-order chi connectivity index (χ0) is 17.9. The summed E-state index contributed by atoms with van der Waals surface area (Å²) >= 11 is 2.58. The van der Waals surface area contributed by atoms with Gasteiger partial charge in [0, 0.05) is 32.2 Å². The van der Waals surface area contributed by atoms with Crippen LogP contribution in [0.25, 0.3) is 0 Å². The van der Waals surface area contributed by atoms with Crippen molar-refractivity contribution < 1.29 is 23.9 Å². The fourth-order valence-electron chi connectivity index (χ4n) is 2.07. The van der Waals surface area contributed by atoms with Gasteiger partial charge in [-0.15, -0.1) is 0 Å². The van der Waals surface area contributed by atoms with Crippen molar-refractivity contribution >= 4 is 47.3 Å². The van der Waals surface area contributed by atoms with E-state index in [9.17, 15) is 19.2 Å². The zero-order valence-electron chi connectivity index (χ0n) is 13.8. The molecule has 0 radical (unpaired) electrons. The lowest BCUT2D eigenvalue weighted by atomic mass is 10.3. The third kappa shape index (κ3) is 7.10. The Bertz CT molecular complexity index is 475. The Balaban J connectivity index is 2.09. The first kappa shape index (κ1) is 20.8. The topological polar surface area (TPSA) is 105 Å². The molecule has 24 heavy (non-hydrogen) atoms. The van der Waals surface area contributed by atoms with Crippen LogP contribution in [0.5, 0.6) is 0 Å². The number of hydrogen-bond donors (Lipinski definition) is 2.